The molecule has 1 aromatic carbocycles. The maximum absolute atomic E-state index is 13.4. The molecule has 0 aromatic heterocycles. The van der Waals surface area contributed by atoms with Crippen molar-refractivity contribution in [3.05, 3.63) is 58.8 Å². The van der Waals surface area contributed by atoms with Crippen LogP contribution in [-0.2, 0) is 5.54 Å². The van der Waals surface area contributed by atoms with Crippen molar-refractivity contribution in [2.45, 2.75) is 37.4 Å². The number of allylic oxidation sites excluding steroid dienone is 2. The third-order valence-electron chi connectivity index (χ3n) is 5.52. The standard InChI is InChI=1S/C19H18ClF3N2/c20-16-10-15(19(21,22)23)12-25-17(16)24-11-14-8-4-5-9-18(14,25)13-6-2-1-3-7-13/h1-3,6-7,10,12,14H,4-5,8-9,11H2/t14-,18+/m0/s1. The zero-order valence-corrected chi connectivity index (χ0v) is 14.3. The van der Waals surface area contributed by atoms with Crippen molar-refractivity contribution in [2.75, 3.05) is 6.54 Å². The van der Waals surface area contributed by atoms with Crippen LogP contribution in [0.2, 0.25) is 0 Å². The van der Waals surface area contributed by atoms with Gasteiger partial charge in [0.05, 0.1) is 16.1 Å². The molecule has 1 aromatic rings. The van der Waals surface area contributed by atoms with E-state index >= 15 is 0 Å². The third kappa shape index (κ3) is 2.60. The van der Waals surface area contributed by atoms with Crippen molar-refractivity contribution in [3.8, 4) is 0 Å². The Bertz CT molecular complexity index is 767. The topological polar surface area (TPSA) is 15.6 Å². The lowest BCUT2D eigenvalue weighted by Gasteiger charge is -2.54. The van der Waals surface area contributed by atoms with Gasteiger partial charge in [-0.05, 0) is 24.5 Å². The average molecular weight is 367 g/mol. The van der Waals surface area contributed by atoms with Gasteiger partial charge in [0, 0.05) is 18.7 Å². The number of rotatable bonds is 1. The lowest BCUT2D eigenvalue weighted by atomic mass is 9.66. The first-order valence-corrected chi connectivity index (χ1v) is 8.86. The monoisotopic (exact) mass is 366 g/mol. The van der Waals surface area contributed by atoms with E-state index in [0.29, 0.717) is 12.4 Å². The summed E-state index contributed by atoms with van der Waals surface area (Å²) in [4.78, 5) is 6.24. The third-order valence-corrected chi connectivity index (χ3v) is 5.80. The van der Waals surface area contributed by atoms with Crippen LogP contribution in [-0.4, -0.2) is 23.5 Å². The molecule has 2 heterocycles. The van der Waals surface area contributed by atoms with Crippen molar-refractivity contribution >= 4 is 17.4 Å². The first-order chi connectivity index (χ1) is 11.9. The van der Waals surface area contributed by atoms with Gasteiger partial charge < -0.3 is 4.90 Å². The van der Waals surface area contributed by atoms with Crippen molar-refractivity contribution in [1.82, 2.24) is 4.90 Å². The fourth-order valence-electron chi connectivity index (χ4n) is 4.39. The Morgan fingerprint density at radius 2 is 1.92 bits per heavy atom. The first-order valence-electron chi connectivity index (χ1n) is 8.49. The molecule has 0 unspecified atom stereocenters. The molecule has 2 aliphatic heterocycles. The quantitative estimate of drug-likeness (QED) is 0.652. The molecule has 1 fully saturated rings. The SMILES string of the molecule is FC(F)(F)C1=CN2C(=NC[C@@H]3CCCC[C@@]32c2ccccc2)C(Cl)=C1. The van der Waals surface area contributed by atoms with Crippen LogP contribution in [0.4, 0.5) is 13.2 Å². The van der Waals surface area contributed by atoms with Gasteiger partial charge in [0.1, 0.15) is 5.84 Å². The number of amidine groups is 1. The maximum Gasteiger partial charge on any atom is 0.417 e. The zero-order valence-electron chi connectivity index (χ0n) is 13.6. The molecule has 0 spiro atoms. The summed E-state index contributed by atoms with van der Waals surface area (Å²) in [5.74, 6) is 0.636. The second-order valence-corrected chi connectivity index (χ2v) is 7.25. The van der Waals surface area contributed by atoms with E-state index in [9.17, 15) is 13.2 Å². The zero-order chi connectivity index (χ0) is 17.7. The first kappa shape index (κ1) is 16.7. The predicted octanol–water partition coefficient (Wildman–Crippen LogP) is 5.37. The lowest BCUT2D eigenvalue weighted by Crippen LogP contribution is -2.57. The van der Waals surface area contributed by atoms with Crippen LogP contribution in [0.3, 0.4) is 0 Å². The molecule has 6 heteroatoms. The van der Waals surface area contributed by atoms with E-state index in [1.807, 2.05) is 30.3 Å². The Morgan fingerprint density at radius 3 is 2.64 bits per heavy atom. The van der Waals surface area contributed by atoms with Gasteiger partial charge in [-0.1, -0.05) is 54.8 Å². The summed E-state index contributed by atoms with van der Waals surface area (Å²) in [5, 5.41) is 0.0640. The van der Waals surface area contributed by atoms with Crippen LogP contribution >= 0.6 is 11.6 Å². The van der Waals surface area contributed by atoms with Crippen LogP contribution in [0.25, 0.3) is 0 Å². The minimum Gasteiger partial charge on any atom is -0.321 e. The summed E-state index contributed by atoms with van der Waals surface area (Å²) >= 11 is 6.22. The summed E-state index contributed by atoms with van der Waals surface area (Å²) in [5.41, 5.74) is -0.198. The Hall–Kier alpha value is -1.75. The summed E-state index contributed by atoms with van der Waals surface area (Å²) in [6.07, 6.45) is 1.56. The Labute approximate surface area is 149 Å². The minimum absolute atomic E-state index is 0.0640. The van der Waals surface area contributed by atoms with Crippen molar-refractivity contribution in [1.29, 1.82) is 0 Å². The fraction of sp³-hybridized carbons (Fsp3) is 0.421. The maximum atomic E-state index is 13.4. The molecule has 0 N–H and O–H groups in total. The van der Waals surface area contributed by atoms with Gasteiger partial charge in [0.15, 0.2) is 0 Å². The van der Waals surface area contributed by atoms with Gasteiger partial charge in [-0.3, -0.25) is 4.99 Å². The molecule has 4 rings (SSSR count). The van der Waals surface area contributed by atoms with E-state index < -0.39 is 17.3 Å². The number of hydrogen-bond donors (Lipinski definition) is 0. The van der Waals surface area contributed by atoms with E-state index in [2.05, 4.69) is 4.99 Å². The lowest BCUT2D eigenvalue weighted by molar-refractivity contribution is -0.0901. The van der Waals surface area contributed by atoms with Crippen LogP contribution in [0.5, 0.6) is 0 Å². The van der Waals surface area contributed by atoms with Gasteiger partial charge in [-0.15, -0.1) is 0 Å². The largest absolute Gasteiger partial charge is 0.417 e. The predicted molar refractivity (Wildman–Crippen MR) is 92.3 cm³/mol. The van der Waals surface area contributed by atoms with Crippen molar-refractivity contribution < 1.29 is 13.2 Å². The van der Waals surface area contributed by atoms with E-state index in [1.54, 1.807) is 4.90 Å². The smallest absolute Gasteiger partial charge is 0.321 e. The number of alkyl halides is 3. The Balaban J connectivity index is 1.91. The average Bonchev–Trinajstić information content (AvgIpc) is 2.61. The second-order valence-electron chi connectivity index (χ2n) is 6.84. The molecule has 0 radical (unpaired) electrons. The highest BCUT2D eigenvalue weighted by Crippen LogP contribution is 2.51. The molecule has 132 valence electrons. The van der Waals surface area contributed by atoms with Crippen molar-refractivity contribution in [2.24, 2.45) is 10.9 Å². The van der Waals surface area contributed by atoms with Gasteiger partial charge in [-0.2, -0.15) is 13.2 Å². The molecule has 2 nitrogen and oxygen atoms in total. The van der Waals surface area contributed by atoms with Gasteiger partial charge in [0.2, 0.25) is 0 Å². The summed E-state index contributed by atoms with van der Waals surface area (Å²) < 4.78 is 40.2. The molecule has 3 aliphatic rings. The Kier molecular flexibility index (Phi) is 3.95. The highest BCUT2D eigenvalue weighted by atomic mass is 35.5. The van der Waals surface area contributed by atoms with Crippen LogP contribution in [0.15, 0.2) is 58.2 Å². The van der Waals surface area contributed by atoms with Gasteiger partial charge in [-0.25, -0.2) is 0 Å². The summed E-state index contributed by atoms with van der Waals surface area (Å²) in [6.45, 7) is 0.597. The molecule has 0 amide bonds. The van der Waals surface area contributed by atoms with Crippen LogP contribution in [0.1, 0.15) is 31.2 Å². The molecule has 1 aliphatic carbocycles. The number of aliphatic imine (C=N–C) groups is 1. The fourth-order valence-corrected chi connectivity index (χ4v) is 4.66. The molecular formula is C19H18ClF3N2. The highest BCUT2D eigenvalue weighted by Gasteiger charge is 2.51. The summed E-state index contributed by atoms with van der Waals surface area (Å²) in [7, 11) is 0. The number of benzene rings is 1. The number of fused-ring (bicyclic) bond motifs is 3. The van der Waals surface area contributed by atoms with Crippen LogP contribution in [0, 0.1) is 5.92 Å². The highest BCUT2D eigenvalue weighted by molar-refractivity contribution is 6.43. The number of nitrogens with zero attached hydrogens (tertiary/aromatic N) is 2. The number of halogens is 4. The van der Waals surface area contributed by atoms with E-state index in [0.717, 1.165) is 37.3 Å². The van der Waals surface area contributed by atoms with E-state index in [-0.39, 0.29) is 11.0 Å². The van der Waals surface area contributed by atoms with E-state index in [4.69, 9.17) is 11.6 Å². The molecule has 25 heavy (non-hydrogen) atoms. The van der Waals surface area contributed by atoms with Gasteiger partial charge >= 0.3 is 6.18 Å². The van der Waals surface area contributed by atoms with Crippen molar-refractivity contribution in [3.63, 3.8) is 0 Å². The van der Waals surface area contributed by atoms with Gasteiger partial charge in [0.25, 0.3) is 0 Å². The Morgan fingerprint density at radius 1 is 1.16 bits per heavy atom. The molecule has 2 atom stereocenters. The van der Waals surface area contributed by atoms with E-state index in [1.165, 1.54) is 6.20 Å². The second kappa shape index (κ2) is 5.90. The minimum atomic E-state index is -4.44. The molecular weight excluding hydrogens is 349 g/mol. The number of hydrogen-bond acceptors (Lipinski definition) is 2. The molecule has 0 saturated heterocycles. The van der Waals surface area contributed by atoms with Crippen LogP contribution < -0.4 is 0 Å². The summed E-state index contributed by atoms with van der Waals surface area (Å²) in [6, 6.07) is 9.83. The molecule has 0 bridgehead atoms. The molecule has 1 saturated carbocycles. The normalized spacial score (nSPS) is 29.2.